The van der Waals surface area contributed by atoms with Crippen LogP contribution in [0.2, 0.25) is 0 Å². The predicted molar refractivity (Wildman–Crippen MR) is 116 cm³/mol. The number of piperidine rings is 1. The maximum absolute atomic E-state index is 12.4. The van der Waals surface area contributed by atoms with Crippen molar-refractivity contribution in [1.82, 2.24) is 10.6 Å². The van der Waals surface area contributed by atoms with Crippen molar-refractivity contribution in [1.29, 1.82) is 0 Å². The minimum atomic E-state index is -0.300. The highest BCUT2D eigenvalue weighted by molar-refractivity contribution is 6.04. The van der Waals surface area contributed by atoms with E-state index in [0.29, 0.717) is 17.7 Å². The average Bonchev–Trinajstić information content (AvgIpc) is 3.15. The number of hydrogen-bond acceptors (Lipinski definition) is 4. The minimum Gasteiger partial charge on any atom is -0.451 e. The van der Waals surface area contributed by atoms with Gasteiger partial charge in [-0.25, -0.2) is 0 Å². The molecule has 0 bridgehead atoms. The smallest absolute Gasteiger partial charge is 0.291 e. The number of anilines is 1. The Morgan fingerprint density at radius 2 is 1.90 bits per heavy atom. The SMILES string of the molecule is Cl.O=C(Cc1ccc(NC(=O)c2cc3ccccc3o2)cc1)N[C@H]1CCCNC1. The van der Waals surface area contributed by atoms with E-state index < -0.39 is 0 Å². The quantitative estimate of drug-likeness (QED) is 0.597. The lowest BCUT2D eigenvalue weighted by Crippen LogP contribution is -2.46. The maximum atomic E-state index is 12.4. The van der Waals surface area contributed by atoms with E-state index in [4.69, 9.17) is 4.42 Å². The summed E-state index contributed by atoms with van der Waals surface area (Å²) in [5, 5.41) is 10.1. The second-order valence-electron chi connectivity index (χ2n) is 7.09. The standard InChI is InChI=1S/C22H23N3O3.ClH/c26-21(24-18-5-3-11-23-14-18)12-15-7-9-17(10-8-15)25-22(27)20-13-16-4-1-2-6-19(16)28-20;/h1-2,4,6-10,13,18,23H,3,5,11-12,14H2,(H,24,26)(H,25,27);1H/t18-;/m0./s1. The highest BCUT2D eigenvalue weighted by Gasteiger charge is 2.16. The Balaban J connectivity index is 0.00000240. The van der Waals surface area contributed by atoms with Gasteiger partial charge in [0.2, 0.25) is 5.91 Å². The molecule has 152 valence electrons. The molecule has 3 N–H and O–H groups in total. The Kier molecular flexibility index (Phi) is 6.90. The molecule has 1 aliphatic heterocycles. The van der Waals surface area contributed by atoms with Gasteiger partial charge in [-0.1, -0.05) is 30.3 Å². The van der Waals surface area contributed by atoms with Gasteiger partial charge < -0.3 is 20.4 Å². The van der Waals surface area contributed by atoms with Crippen LogP contribution >= 0.6 is 12.4 Å². The van der Waals surface area contributed by atoms with Crippen LogP contribution in [0.25, 0.3) is 11.0 Å². The average molecular weight is 414 g/mol. The summed E-state index contributed by atoms with van der Waals surface area (Å²) >= 11 is 0. The van der Waals surface area contributed by atoms with Crippen molar-refractivity contribution in [2.75, 3.05) is 18.4 Å². The molecule has 1 atom stereocenters. The summed E-state index contributed by atoms with van der Waals surface area (Å²) in [7, 11) is 0. The number of carbonyl (C=O) groups excluding carboxylic acids is 2. The summed E-state index contributed by atoms with van der Waals surface area (Å²) in [6.07, 6.45) is 2.43. The van der Waals surface area contributed by atoms with E-state index in [1.807, 2.05) is 36.4 Å². The molecule has 0 aliphatic carbocycles. The first-order chi connectivity index (χ1) is 13.7. The molecule has 1 aliphatic rings. The number of halogens is 1. The van der Waals surface area contributed by atoms with Crippen molar-refractivity contribution in [3.63, 3.8) is 0 Å². The van der Waals surface area contributed by atoms with Gasteiger partial charge in [0.15, 0.2) is 5.76 Å². The fourth-order valence-electron chi connectivity index (χ4n) is 3.43. The van der Waals surface area contributed by atoms with Crippen molar-refractivity contribution in [2.45, 2.75) is 25.3 Å². The van der Waals surface area contributed by atoms with E-state index in [0.717, 1.165) is 36.9 Å². The second-order valence-corrected chi connectivity index (χ2v) is 7.09. The Morgan fingerprint density at radius 3 is 2.62 bits per heavy atom. The van der Waals surface area contributed by atoms with E-state index in [1.54, 1.807) is 18.2 Å². The third kappa shape index (κ3) is 5.37. The molecule has 0 saturated carbocycles. The molecule has 3 aromatic rings. The molecular formula is C22H24ClN3O3. The Morgan fingerprint density at radius 1 is 1.10 bits per heavy atom. The topological polar surface area (TPSA) is 83.4 Å². The van der Waals surface area contributed by atoms with Crippen LogP contribution in [-0.2, 0) is 11.2 Å². The van der Waals surface area contributed by atoms with Crippen LogP contribution in [-0.4, -0.2) is 30.9 Å². The van der Waals surface area contributed by atoms with E-state index in [2.05, 4.69) is 16.0 Å². The number of para-hydroxylation sites is 1. The van der Waals surface area contributed by atoms with Crippen LogP contribution in [0.4, 0.5) is 5.69 Å². The number of nitrogens with one attached hydrogen (secondary N) is 3. The second kappa shape index (κ2) is 9.58. The molecule has 6 nitrogen and oxygen atoms in total. The van der Waals surface area contributed by atoms with Crippen molar-refractivity contribution >= 4 is 40.9 Å². The molecule has 2 amide bonds. The van der Waals surface area contributed by atoms with Gasteiger partial charge in [0.1, 0.15) is 5.58 Å². The number of carbonyl (C=O) groups is 2. The van der Waals surface area contributed by atoms with Crippen molar-refractivity contribution in [3.05, 3.63) is 65.9 Å². The maximum Gasteiger partial charge on any atom is 0.291 e. The summed E-state index contributed by atoms with van der Waals surface area (Å²) in [5.41, 5.74) is 2.25. The summed E-state index contributed by atoms with van der Waals surface area (Å²) in [5.74, 6) is -0.00926. The molecule has 1 saturated heterocycles. The first-order valence-electron chi connectivity index (χ1n) is 9.56. The lowest BCUT2D eigenvalue weighted by molar-refractivity contribution is -0.121. The minimum absolute atomic E-state index is 0. The van der Waals surface area contributed by atoms with E-state index in [1.165, 1.54) is 0 Å². The van der Waals surface area contributed by atoms with Gasteiger partial charge in [0.05, 0.1) is 6.42 Å². The van der Waals surface area contributed by atoms with Gasteiger partial charge in [-0.05, 0) is 49.2 Å². The molecule has 2 aromatic carbocycles. The normalized spacial score (nSPS) is 16.1. The van der Waals surface area contributed by atoms with Crippen LogP contribution in [0.1, 0.15) is 29.0 Å². The van der Waals surface area contributed by atoms with Gasteiger partial charge >= 0.3 is 0 Å². The number of fused-ring (bicyclic) bond motifs is 1. The van der Waals surface area contributed by atoms with Gasteiger partial charge in [-0.15, -0.1) is 12.4 Å². The summed E-state index contributed by atoms with van der Waals surface area (Å²) < 4.78 is 5.58. The van der Waals surface area contributed by atoms with Gasteiger partial charge in [0.25, 0.3) is 5.91 Å². The highest BCUT2D eigenvalue weighted by atomic mass is 35.5. The van der Waals surface area contributed by atoms with Crippen molar-refractivity contribution < 1.29 is 14.0 Å². The number of amides is 2. The highest BCUT2D eigenvalue weighted by Crippen LogP contribution is 2.20. The fraction of sp³-hybridized carbons (Fsp3) is 0.273. The van der Waals surface area contributed by atoms with Crippen LogP contribution < -0.4 is 16.0 Å². The number of benzene rings is 2. The van der Waals surface area contributed by atoms with Crippen LogP contribution in [0, 0.1) is 0 Å². The van der Waals surface area contributed by atoms with Crippen molar-refractivity contribution in [2.24, 2.45) is 0 Å². The van der Waals surface area contributed by atoms with E-state index in [-0.39, 0.29) is 36.0 Å². The third-order valence-corrected chi connectivity index (χ3v) is 4.89. The van der Waals surface area contributed by atoms with Crippen molar-refractivity contribution in [3.8, 4) is 0 Å². The van der Waals surface area contributed by atoms with Gasteiger partial charge in [0, 0.05) is 23.7 Å². The Bertz CT molecular complexity index is 945. The molecular weight excluding hydrogens is 390 g/mol. The molecule has 4 rings (SSSR count). The zero-order valence-corrected chi connectivity index (χ0v) is 16.8. The van der Waals surface area contributed by atoms with Crippen LogP contribution in [0.5, 0.6) is 0 Å². The molecule has 0 unspecified atom stereocenters. The molecule has 29 heavy (non-hydrogen) atoms. The number of rotatable bonds is 5. The molecule has 1 aromatic heterocycles. The van der Waals surface area contributed by atoms with Crippen LogP contribution in [0.15, 0.2) is 59.0 Å². The van der Waals surface area contributed by atoms with E-state index >= 15 is 0 Å². The lowest BCUT2D eigenvalue weighted by atomic mass is 10.1. The summed E-state index contributed by atoms with van der Waals surface area (Å²) in [4.78, 5) is 24.6. The largest absolute Gasteiger partial charge is 0.451 e. The molecule has 2 heterocycles. The monoisotopic (exact) mass is 413 g/mol. The molecule has 0 radical (unpaired) electrons. The van der Waals surface area contributed by atoms with Gasteiger partial charge in [-0.3, -0.25) is 9.59 Å². The lowest BCUT2D eigenvalue weighted by Gasteiger charge is -2.23. The van der Waals surface area contributed by atoms with E-state index in [9.17, 15) is 9.59 Å². The molecule has 0 spiro atoms. The zero-order valence-electron chi connectivity index (χ0n) is 15.9. The fourth-order valence-corrected chi connectivity index (χ4v) is 3.43. The zero-order chi connectivity index (χ0) is 19.3. The Labute approximate surface area is 175 Å². The Hall–Kier alpha value is -2.83. The predicted octanol–water partition coefficient (Wildman–Crippen LogP) is 3.52. The third-order valence-electron chi connectivity index (χ3n) is 4.89. The summed E-state index contributed by atoms with van der Waals surface area (Å²) in [6.45, 7) is 1.85. The first-order valence-corrected chi connectivity index (χ1v) is 9.56. The number of furan rings is 1. The first kappa shape index (κ1) is 20.9. The summed E-state index contributed by atoms with van der Waals surface area (Å²) in [6, 6.07) is 16.7. The van der Waals surface area contributed by atoms with Crippen LogP contribution in [0.3, 0.4) is 0 Å². The van der Waals surface area contributed by atoms with Gasteiger partial charge in [-0.2, -0.15) is 0 Å². The molecule has 7 heteroatoms. The number of hydrogen-bond donors (Lipinski definition) is 3. The molecule has 1 fully saturated rings.